The molecule has 2 aliphatic rings. The molecule has 1 spiro atoms. The number of esters is 1. The zero-order valence-electron chi connectivity index (χ0n) is 12.8. The van der Waals surface area contributed by atoms with Gasteiger partial charge in [-0.15, -0.1) is 5.10 Å². The fraction of sp³-hybridized carbons (Fsp3) is 0.312. The highest BCUT2D eigenvalue weighted by Crippen LogP contribution is 2.47. The van der Waals surface area contributed by atoms with Gasteiger partial charge in [-0.1, -0.05) is 29.8 Å². The third-order valence-electron chi connectivity index (χ3n) is 4.86. The Bertz CT molecular complexity index is 805. The van der Waals surface area contributed by atoms with E-state index in [9.17, 15) is 4.79 Å². The summed E-state index contributed by atoms with van der Waals surface area (Å²) in [4.78, 5) is 14.6. The molecule has 1 fully saturated rings. The molecule has 24 heavy (non-hydrogen) atoms. The fourth-order valence-corrected chi connectivity index (χ4v) is 3.80. The zero-order chi connectivity index (χ0) is 16.7. The van der Waals surface area contributed by atoms with Gasteiger partial charge in [0.1, 0.15) is 16.2 Å². The number of piperidine rings is 1. The van der Waals surface area contributed by atoms with Gasteiger partial charge in [0.15, 0.2) is 5.82 Å². The van der Waals surface area contributed by atoms with Crippen molar-refractivity contribution in [3.05, 3.63) is 41.0 Å². The first-order valence-corrected chi connectivity index (χ1v) is 8.08. The Kier molecular flexibility index (Phi) is 3.54. The number of hydrazine groups is 1. The van der Waals surface area contributed by atoms with Gasteiger partial charge in [0, 0.05) is 18.7 Å². The maximum atomic E-state index is 12.5. The summed E-state index contributed by atoms with van der Waals surface area (Å²) in [6, 6.07) is 7.65. The van der Waals surface area contributed by atoms with Gasteiger partial charge >= 0.3 is 5.97 Å². The highest BCUT2D eigenvalue weighted by atomic mass is 35.5. The van der Waals surface area contributed by atoms with Crippen LogP contribution >= 0.6 is 11.6 Å². The number of carbonyl (C=O) groups is 1. The van der Waals surface area contributed by atoms with Gasteiger partial charge in [-0.25, -0.2) is 5.84 Å². The summed E-state index contributed by atoms with van der Waals surface area (Å²) in [5.41, 5.74) is 3.62. The number of para-hydroxylation sites is 1. The summed E-state index contributed by atoms with van der Waals surface area (Å²) in [6.45, 7) is 1.33. The molecular formula is C16H16ClN5O2. The minimum Gasteiger partial charge on any atom is -0.426 e. The van der Waals surface area contributed by atoms with Crippen molar-refractivity contribution in [2.45, 2.75) is 18.3 Å². The van der Waals surface area contributed by atoms with Crippen LogP contribution in [0.15, 0.2) is 30.5 Å². The number of ether oxygens (including phenoxy) is 1. The largest absolute Gasteiger partial charge is 0.426 e. The standard InChI is InChI=1S/C16H16ClN5O2/c17-13-11(9-19-21-14(13)20-18)22-7-5-16(6-8-22)10-3-1-2-4-12(10)24-15(16)23/h1-4,9H,5-8,18H2,(H,20,21). The number of halogens is 1. The monoisotopic (exact) mass is 345 g/mol. The van der Waals surface area contributed by atoms with E-state index in [0.717, 1.165) is 11.3 Å². The Morgan fingerprint density at radius 2 is 2.04 bits per heavy atom. The quantitative estimate of drug-likeness (QED) is 0.371. The van der Waals surface area contributed by atoms with Crippen molar-refractivity contribution in [3.63, 3.8) is 0 Å². The molecule has 0 unspecified atom stereocenters. The van der Waals surface area contributed by atoms with E-state index in [4.69, 9.17) is 22.2 Å². The number of nitrogens with two attached hydrogens (primary N) is 1. The molecular weight excluding hydrogens is 330 g/mol. The maximum absolute atomic E-state index is 12.5. The van der Waals surface area contributed by atoms with Crippen LogP contribution in [0.25, 0.3) is 0 Å². The molecule has 0 saturated carbocycles. The van der Waals surface area contributed by atoms with E-state index in [1.807, 2.05) is 24.3 Å². The van der Waals surface area contributed by atoms with Crippen LogP contribution in [0, 0.1) is 0 Å². The first kappa shape index (κ1) is 15.2. The summed E-state index contributed by atoms with van der Waals surface area (Å²) in [7, 11) is 0. The number of hydrogen-bond acceptors (Lipinski definition) is 7. The second kappa shape index (κ2) is 5.61. The molecule has 1 saturated heterocycles. The molecule has 3 N–H and O–H groups in total. The van der Waals surface area contributed by atoms with Crippen LogP contribution in [0.3, 0.4) is 0 Å². The van der Waals surface area contributed by atoms with Crippen LogP contribution in [0.1, 0.15) is 18.4 Å². The topological polar surface area (TPSA) is 93.4 Å². The Labute approximate surface area is 143 Å². The number of nitrogen functional groups attached to an aromatic ring is 1. The fourth-order valence-electron chi connectivity index (χ4n) is 3.54. The minimum absolute atomic E-state index is 0.161. The molecule has 0 radical (unpaired) electrons. The van der Waals surface area contributed by atoms with E-state index >= 15 is 0 Å². The van der Waals surface area contributed by atoms with Crippen LogP contribution in [0.5, 0.6) is 5.75 Å². The lowest BCUT2D eigenvalue weighted by atomic mass is 9.74. The molecule has 1 aromatic carbocycles. The van der Waals surface area contributed by atoms with Gasteiger partial charge in [0.2, 0.25) is 0 Å². The average Bonchev–Trinajstić information content (AvgIpc) is 2.88. The smallest absolute Gasteiger partial charge is 0.322 e. The average molecular weight is 346 g/mol. The molecule has 0 atom stereocenters. The number of nitrogens with one attached hydrogen (secondary N) is 1. The van der Waals surface area contributed by atoms with Crippen molar-refractivity contribution in [1.82, 2.24) is 10.2 Å². The Morgan fingerprint density at radius 3 is 2.79 bits per heavy atom. The number of benzene rings is 1. The SMILES string of the molecule is NNc1nncc(N2CCC3(CC2)C(=O)Oc2ccccc23)c1Cl. The van der Waals surface area contributed by atoms with Gasteiger partial charge in [-0.3, -0.25) is 4.79 Å². The predicted octanol–water partition coefficient (Wildman–Crippen LogP) is 1.87. The Morgan fingerprint density at radius 1 is 1.29 bits per heavy atom. The first-order valence-electron chi connectivity index (χ1n) is 7.70. The summed E-state index contributed by atoms with van der Waals surface area (Å²) in [6.07, 6.45) is 2.93. The van der Waals surface area contributed by atoms with Crippen LogP contribution in [-0.2, 0) is 10.2 Å². The van der Waals surface area contributed by atoms with E-state index in [1.54, 1.807) is 6.20 Å². The number of nitrogens with zero attached hydrogens (tertiary/aromatic N) is 3. The number of aromatic nitrogens is 2. The van der Waals surface area contributed by atoms with Crippen molar-refractivity contribution in [2.75, 3.05) is 23.4 Å². The van der Waals surface area contributed by atoms with Crippen LogP contribution in [-0.4, -0.2) is 29.3 Å². The van der Waals surface area contributed by atoms with Crippen LogP contribution in [0.4, 0.5) is 11.5 Å². The molecule has 2 aliphatic heterocycles. The second-order valence-electron chi connectivity index (χ2n) is 5.99. The summed E-state index contributed by atoms with van der Waals surface area (Å²) in [5, 5.41) is 8.20. The highest BCUT2D eigenvalue weighted by Gasteiger charge is 2.50. The first-order chi connectivity index (χ1) is 11.7. The van der Waals surface area contributed by atoms with Crippen molar-refractivity contribution in [1.29, 1.82) is 0 Å². The van der Waals surface area contributed by atoms with Crippen LogP contribution in [0.2, 0.25) is 5.02 Å². The molecule has 1 aromatic heterocycles. The third kappa shape index (κ3) is 2.12. The summed E-state index contributed by atoms with van der Waals surface area (Å²) < 4.78 is 5.47. The molecule has 0 aliphatic carbocycles. The molecule has 124 valence electrons. The number of anilines is 2. The highest BCUT2D eigenvalue weighted by molar-refractivity contribution is 6.35. The molecule has 3 heterocycles. The molecule has 0 bridgehead atoms. The van der Waals surface area contributed by atoms with Gasteiger partial charge < -0.3 is 15.1 Å². The van der Waals surface area contributed by atoms with Crippen molar-refractivity contribution in [2.24, 2.45) is 5.84 Å². The Balaban J connectivity index is 1.61. The lowest BCUT2D eigenvalue weighted by Crippen LogP contribution is -2.46. The van der Waals surface area contributed by atoms with Gasteiger partial charge in [-0.05, 0) is 18.9 Å². The van der Waals surface area contributed by atoms with Gasteiger partial charge in [-0.2, -0.15) is 5.10 Å². The van der Waals surface area contributed by atoms with Crippen molar-refractivity contribution < 1.29 is 9.53 Å². The van der Waals surface area contributed by atoms with Crippen LogP contribution < -0.4 is 20.9 Å². The number of carbonyl (C=O) groups excluding carboxylic acids is 1. The normalized spacial score (nSPS) is 18.4. The molecule has 8 heteroatoms. The molecule has 2 aromatic rings. The van der Waals surface area contributed by atoms with E-state index < -0.39 is 5.41 Å². The third-order valence-corrected chi connectivity index (χ3v) is 5.23. The van der Waals surface area contributed by atoms with E-state index in [2.05, 4.69) is 20.5 Å². The zero-order valence-corrected chi connectivity index (χ0v) is 13.6. The number of rotatable bonds is 2. The Hall–Kier alpha value is -2.38. The van der Waals surface area contributed by atoms with E-state index in [0.29, 0.717) is 42.5 Å². The van der Waals surface area contributed by atoms with Gasteiger partial charge in [0.05, 0.1) is 11.9 Å². The minimum atomic E-state index is -0.561. The van der Waals surface area contributed by atoms with E-state index in [-0.39, 0.29) is 5.97 Å². The maximum Gasteiger partial charge on any atom is 0.322 e. The van der Waals surface area contributed by atoms with E-state index in [1.165, 1.54) is 0 Å². The lowest BCUT2D eigenvalue weighted by Gasteiger charge is -2.38. The van der Waals surface area contributed by atoms with Crippen molar-refractivity contribution in [3.8, 4) is 5.75 Å². The summed E-state index contributed by atoms with van der Waals surface area (Å²) >= 11 is 6.32. The number of fused-ring (bicyclic) bond motifs is 2. The second-order valence-corrected chi connectivity index (χ2v) is 6.37. The lowest BCUT2D eigenvalue weighted by molar-refractivity contribution is -0.139. The number of hydrogen-bond donors (Lipinski definition) is 2. The van der Waals surface area contributed by atoms with Crippen molar-refractivity contribution >= 4 is 29.1 Å². The van der Waals surface area contributed by atoms with Gasteiger partial charge in [0.25, 0.3) is 0 Å². The molecule has 7 nitrogen and oxygen atoms in total. The summed E-state index contributed by atoms with van der Waals surface area (Å²) in [5.74, 6) is 6.25. The predicted molar refractivity (Wildman–Crippen MR) is 90.1 cm³/mol. The molecule has 4 rings (SSSR count). The molecule has 0 amide bonds.